The highest BCUT2D eigenvalue weighted by Gasteiger charge is 2.55. The van der Waals surface area contributed by atoms with Gasteiger partial charge in [0.1, 0.15) is 0 Å². The van der Waals surface area contributed by atoms with Crippen molar-refractivity contribution in [1.82, 2.24) is 10.2 Å². The van der Waals surface area contributed by atoms with E-state index in [-0.39, 0.29) is 11.7 Å². The van der Waals surface area contributed by atoms with Crippen LogP contribution in [-0.4, -0.2) is 29.1 Å². The fourth-order valence-electron chi connectivity index (χ4n) is 3.64. The van der Waals surface area contributed by atoms with Crippen LogP contribution in [0.5, 0.6) is 0 Å². The number of rotatable bonds is 3. The van der Waals surface area contributed by atoms with E-state index in [1.807, 2.05) is 0 Å². The van der Waals surface area contributed by atoms with Crippen LogP contribution in [0.4, 0.5) is 0 Å². The van der Waals surface area contributed by atoms with Crippen molar-refractivity contribution in [1.29, 1.82) is 0 Å². The van der Waals surface area contributed by atoms with Crippen LogP contribution in [0.15, 0.2) is 0 Å². The number of amides is 1. The van der Waals surface area contributed by atoms with Gasteiger partial charge in [-0.3, -0.25) is 10.1 Å². The minimum absolute atomic E-state index is 0.194. The van der Waals surface area contributed by atoms with Crippen molar-refractivity contribution < 1.29 is 4.79 Å². The van der Waals surface area contributed by atoms with Crippen molar-refractivity contribution in [3.8, 4) is 0 Å². The van der Waals surface area contributed by atoms with Crippen LogP contribution in [-0.2, 0) is 4.79 Å². The molecule has 3 heteroatoms. The molecule has 0 aromatic rings. The monoisotopic (exact) mass is 250 g/mol. The molecule has 3 fully saturated rings. The Morgan fingerprint density at radius 3 is 2.39 bits per heavy atom. The second-order valence-electron chi connectivity index (χ2n) is 7.37. The van der Waals surface area contributed by atoms with Gasteiger partial charge in [0, 0.05) is 6.54 Å². The predicted molar refractivity (Wildman–Crippen MR) is 72.0 cm³/mol. The van der Waals surface area contributed by atoms with Crippen molar-refractivity contribution in [3.63, 3.8) is 0 Å². The van der Waals surface area contributed by atoms with Gasteiger partial charge in [0.05, 0.1) is 11.7 Å². The first kappa shape index (κ1) is 12.5. The number of hydrogen-bond acceptors (Lipinski definition) is 2. The summed E-state index contributed by atoms with van der Waals surface area (Å²) in [6, 6.07) is 0. The minimum atomic E-state index is -0.194. The molecule has 3 rings (SSSR count). The quantitative estimate of drug-likeness (QED) is 0.834. The smallest absolute Gasteiger partial charge is 0.244 e. The molecule has 3 nitrogen and oxygen atoms in total. The zero-order valence-corrected chi connectivity index (χ0v) is 12.0. The minimum Gasteiger partial charge on any atom is -0.325 e. The zero-order chi connectivity index (χ0) is 13.0. The Balaban J connectivity index is 1.82. The van der Waals surface area contributed by atoms with Crippen LogP contribution in [0, 0.1) is 11.3 Å². The van der Waals surface area contributed by atoms with Gasteiger partial charge in [-0.25, -0.2) is 0 Å². The Labute approximate surface area is 110 Å². The van der Waals surface area contributed by atoms with Crippen molar-refractivity contribution in [2.45, 2.75) is 71.0 Å². The summed E-state index contributed by atoms with van der Waals surface area (Å²) in [5.74, 6) is 0.892. The summed E-state index contributed by atoms with van der Waals surface area (Å²) in [5.41, 5.74) is 0.217. The van der Waals surface area contributed by atoms with Crippen molar-refractivity contribution >= 4 is 5.91 Å². The Morgan fingerprint density at radius 2 is 1.89 bits per heavy atom. The van der Waals surface area contributed by atoms with Gasteiger partial charge in [0.25, 0.3) is 0 Å². The predicted octanol–water partition coefficient (Wildman–Crippen LogP) is 2.51. The summed E-state index contributed by atoms with van der Waals surface area (Å²) in [4.78, 5) is 15.0. The molecule has 0 aromatic carbocycles. The highest BCUT2D eigenvalue weighted by molar-refractivity contribution is 5.89. The third kappa shape index (κ3) is 1.87. The average Bonchev–Trinajstić information content (AvgIpc) is 2.76. The molecular formula is C15H26N2O. The molecule has 1 saturated heterocycles. The maximum Gasteiger partial charge on any atom is 0.244 e. The molecule has 0 radical (unpaired) electrons. The Hall–Kier alpha value is -0.570. The van der Waals surface area contributed by atoms with Crippen molar-refractivity contribution in [2.75, 3.05) is 6.54 Å². The summed E-state index contributed by atoms with van der Waals surface area (Å²) in [6.45, 7) is 7.73. The molecule has 1 spiro atoms. The first-order chi connectivity index (χ1) is 8.46. The lowest BCUT2D eigenvalue weighted by Gasteiger charge is -2.29. The van der Waals surface area contributed by atoms with Crippen LogP contribution < -0.4 is 5.32 Å². The lowest BCUT2D eigenvalue weighted by Crippen LogP contribution is -2.45. The second kappa shape index (κ2) is 3.96. The fourth-order valence-corrected chi connectivity index (χ4v) is 3.64. The Morgan fingerprint density at radius 1 is 1.28 bits per heavy atom. The lowest BCUT2D eigenvalue weighted by atomic mass is 9.97. The number of hydrogen-bond donors (Lipinski definition) is 1. The summed E-state index contributed by atoms with van der Waals surface area (Å²) in [7, 11) is 0. The molecule has 2 aliphatic carbocycles. The molecule has 1 unspecified atom stereocenters. The van der Waals surface area contributed by atoms with E-state index < -0.39 is 0 Å². The summed E-state index contributed by atoms with van der Waals surface area (Å²) < 4.78 is 0. The number of carbonyl (C=O) groups is 1. The molecule has 0 bridgehead atoms. The highest BCUT2D eigenvalue weighted by atomic mass is 16.2. The summed E-state index contributed by atoms with van der Waals surface area (Å²) in [5, 5.41) is 3.69. The molecule has 18 heavy (non-hydrogen) atoms. The highest BCUT2D eigenvalue weighted by Crippen LogP contribution is 2.48. The molecule has 1 aliphatic heterocycles. The molecule has 2 saturated carbocycles. The van der Waals surface area contributed by atoms with Gasteiger partial charge in [-0.05, 0) is 37.0 Å². The largest absolute Gasteiger partial charge is 0.325 e. The van der Waals surface area contributed by atoms with E-state index in [0.717, 1.165) is 19.4 Å². The number of nitrogens with zero attached hydrogens (tertiary/aromatic N) is 1. The Kier molecular flexibility index (Phi) is 2.74. The van der Waals surface area contributed by atoms with Crippen LogP contribution >= 0.6 is 0 Å². The molecule has 102 valence electrons. The topological polar surface area (TPSA) is 32.3 Å². The average molecular weight is 250 g/mol. The van der Waals surface area contributed by atoms with Gasteiger partial charge in [-0.1, -0.05) is 33.6 Å². The van der Waals surface area contributed by atoms with E-state index in [1.165, 1.54) is 25.7 Å². The second-order valence-corrected chi connectivity index (χ2v) is 7.37. The molecule has 1 heterocycles. The number of carbonyl (C=O) groups excluding carboxylic acids is 1. The lowest BCUT2D eigenvalue weighted by molar-refractivity contribution is -0.134. The summed E-state index contributed by atoms with van der Waals surface area (Å²) >= 11 is 0. The van der Waals surface area contributed by atoms with Crippen LogP contribution in [0.3, 0.4) is 0 Å². The van der Waals surface area contributed by atoms with Crippen LogP contribution in [0.25, 0.3) is 0 Å². The molecular weight excluding hydrogens is 224 g/mol. The van der Waals surface area contributed by atoms with Crippen molar-refractivity contribution in [2.24, 2.45) is 11.3 Å². The van der Waals surface area contributed by atoms with Crippen molar-refractivity contribution in [3.05, 3.63) is 0 Å². The molecule has 1 atom stereocenters. The van der Waals surface area contributed by atoms with E-state index in [0.29, 0.717) is 17.2 Å². The van der Waals surface area contributed by atoms with Gasteiger partial charge in [0.2, 0.25) is 5.91 Å². The maximum atomic E-state index is 12.8. The molecule has 1 amide bonds. The first-order valence-electron chi connectivity index (χ1n) is 7.55. The number of nitrogens with one attached hydrogen (secondary N) is 1. The van der Waals surface area contributed by atoms with E-state index in [9.17, 15) is 4.79 Å². The molecule has 3 aliphatic rings. The van der Waals surface area contributed by atoms with Gasteiger partial charge < -0.3 is 4.90 Å². The third-order valence-corrected chi connectivity index (χ3v) is 5.17. The van der Waals surface area contributed by atoms with E-state index in [2.05, 4.69) is 31.0 Å². The van der Waals surface area contributed by atoms with Gasteiger partial charge in [-0.2, -0.15) is 0 Å². The third-order valence-electron chi connectivity index (χ3n) is 5.17. The van der Waals surface area contributed by atoms with E-state index >= 15 is 0 Å². The van der Waals surface area contributed by atoms with Gasteiger partial charge >= 0.3 is 0 Å². The van der Waals surface area contributed by atoms with Crippen LogP contribution in [0.2, 0.25) is 0 Å². The van der Waals surface area contributed by atoms with E-state index in [1.54, 1.807) is 0 Å². The molecule has 1 N–H and O–H groups in total. The van der Waals surface area contributed by atoms with E-state index in [4.69, 9.17) is 0 Å². The standard InChI is InChI=1S/C15H26N2O/c1-11(2)12-16-15(6-4-5-7-15)13(18)17(12)10-14(3)8-9-14/h11-12,16H,4-10H2,1-3H3. The maximum absolute atomic E-state index is 12.8. The normalized spacial score (nSPS) is 32.8. The SMILES string of the molecule is CC(C)C1NC2(CCCC2)C(=O)N1CC1(C)CC1. The first-order valence-corrected chi connectivity index (χ1v) is 7.55. The van der Waals surface area contributed by atoms with Gasteiger partial charge in [-0.15, -0.1) is 0 Å². The van der Waals surface area contributed by atoms with Gasteiger partial charge in [0.15, 0.2) is 0 Å². The fraction of sp³-hybridized carbons (Fsp3) is 0.933. The summed E-state index contributed by atoms with van der Waals surface area (Å²) in [6.07, 6.45) is 7.32. The zero-order valence-electron chi connectivity index (χ0n) is 12.0. The Bertz CT molecular complexity index is 354. The molecule has 0 aromatic heterocycles. The van der Waals surface area contributed by atoms with Crippen LogP contribution in [0.1, 0.15) is 59.3 Å².